The number of nitrogens with zero attached hydrogens (tertiary/aromatic N) is 2. The van der Waals surface area contributed by atoms with Crippen LogP contribution in [0.4, 0.5) is 5.82 Å². The Morgan fingerprint density at radius 2 is 2.03 bits per heavy atom. The molecule has 6 nitrogen and oxygen atoms in total. The van der Waals surface area contributed by atoms with Crippen molar-refractivity contribution in [2.75, 3.05) is 18.5 Å². The average molecular weight is 418 g/mol. The summed E-state index contributed by atoms with van der Waals surface area (Å²) in [4.78, 5) is 20.0. The number of ether oxygens (including phenoxy) is 1. The molecule has 2 aromatic carbocycles. The van der Waals surface area contributed by atoms with E-state index in [1.807, 2.05) is 30.3 Å². The average Bonchev–Trinajstić information content (AvgIpc) is 3.15. The fourth-order valence-electron chi connectivity index (χ4n) is 3.97. The van der Waals surface area contributed by atoms with Crippen LogP contribution in [0, 0.1) is 6.92 Å². The standard InChI is InChI=1S/C25H27N3O3/c1-17-3-5-18(6-4-17)25-27-13-11-23(28-25)26-12-2-14-31-21-9-10-22-19(15-21)7-8-20(22)16-24(29)30/h3-6,9-11,13,15,20H,2,7-8,12,14,16H2,1H3,(H,29,30)(H,26,27,28)/t20-/m0/s1. The normalized spacial score (nSPS) is 14.8. The Morgan fingerprint density at radius 3 is 2.84 bits per heavy atom. The quantitative estimate of drug-likeness (QED) is 0.485. The van der Waals surface area contributed by atoms with Gasteiger partial charge in [-0.3, -0.25) is 4.79 Å². The molecule has 1 heterocycles. The summed E-state index contributed by atoms with van der Waals surface area (Å²) in [5.74, 6) is 1.75. The zero-order valence-corrected chi connectivity index (χ0v) is 17.7. The number of fused-ring (bicyclic) bond motifs is 1. The second kappa shape index (κ2) is 9.60. The van der Waals surface area contributed by atoms with Crippen molar-refractivity contribution >= 4 is 11.8 Å². The SMILES string of the molecule is Cc1ccc(-c2nccc(NCCCOc3ccc4c(c3)CC[C@H]4CC(=O)O)n2)cc1. The molecule has 0 radical (unpaired) electrons. The molecule has 1 aliphatic carbocycles. The minimum atomic E-state index is -0.736. The van der Waals surface area contributed by atoms with Crippen LogP contribution >= 0.6 is 0 Å². The van der Waals surface area contributed by atoms with Crippen LogP contribution in [-0.4, -0.2) is 34.2 Å². The molecule has 3 aromatic rings. The molecular weight excluding hydrogens is 390 g/mol. The molecule has 0 unspecified atom stereocenters. The Labute approximate surface area is 182 Å². The fraction of sp³-hybridized carbons (Fsp3) is 0.320. The Morgan fingerprint density at radius 1 is 1.19 bits per heavy atom. The number of rotatable bonds is 9. The number of benzene rings is 2. The maximum absolute atomic E-state index is 11.0. The van der Waals surface area contributed by atoms with Crippen molar-refractivity contribution in [1.82, 2.24) is 9.97 Å². The first-order chi connectivity index (χ1) is 15.1. The second-order valence-corrected chi connectivity index (χ2v) is 7.95. The molecule has 0 spiro atoms. The van der Waals surface area contributed by atoms with Crippen molar-refractivity contribution in [3.8, 4) is 17.1 Å². The number of nitrogens with one attached hydrogen (secondary N) is 1. The Balaban J connectivity index is 1.24. The summed E-state index contributed by atoms with van der Waals surface area (Å²) < 4.78 is 5.90. The lowest BCUT2D eigenvalue weighted by Crippen LogP contribution is -2.09. The highest BCUT2D eigenvalue weighted by Crippen LogP contribution is 2.37. The maximum Gasteiger partial charge on any atom is 0.303 e. The Kier molecular flexibility index (Phi) is 6.46. The van der Waals surface area contributed by atoms with Crippen LogP contribution in [0.1, 0.15) is 41.9 Å². The predicted molar refractivity (Wildman–Crippen MR) is 121 cm³/mol. The highest BCUT2D eigenvalue weighted by molar-refractivity contribution is 5.68. The number of carboxylic acids is 1. The van der Waals surface area contributed by atoms with Crippen LogP contribution < -0.4 is 10.1 Å². The summed E-state index contributed by atoms with van der Waals surface area (Å²) >= 11 is 0. The van der Waals surface area contributed by atoms with E-state index in [1.165, 1.54) is 11.1 Å². The summed E-state index contributed by atoms with van der Waals surface area (Å²) in [6, 6.07) is 16.1. The molecule has 0 bridgehead atoms. The lowest BCUT2D eigenvalue weighted by molar-refractivity contribution is -0.137. The molecule has 1 aliphatic rings. The fourth-order valence-corrected chi connectivity index (χ4v) is 3.97. The van der Waals surface area contributed by atoms with Gasteiger partial charge in [-0.25, -0.2) is 9.97 Å². The van der Waals surface area contributed by atoms with Gasteiger partial charge in [0, 0.05) is 18.3 Å². The number of aromatic nitrogens is 2. The van der Waals surface area contributed by atoms with Gasteiger partial charge < -0.3 is 15.2 Å². The van der Waals surface area contributed by atoms with Gasteiger partial charge in [0.05, 0.1) is 13.0 Å². The van der Waals surface area contributed by atoms with Crippen LogP contribution in [0.15, 0.2) is 54.7 Å². The molecular formula is C25H27N3O3. The maximum atomic E-state index is 11.0. The lowest BCUT2D eigenvalue weighted by Gasteiger charge is -2.11. The van der Waals surface area contributed by atoms with Crippen LogP contribution in [0.2, 0.25) is 0 Å². The molecule has 0 aliphatic heterocycles. The van der Waals surface area contributed by atoms with Gasteiger partial charge in [0.1, 0.15) is 11.6 Å². The van der Waals surface area contributed by atoms with E-state index >= 15 is 0 Å². The number of anilines is 1. The highest BCUT2D eigenvalue weighted by atomic mass is 16.5. The van der Waals surface area contributed by atoms with Gasteiger partial charge in [-0.05, 0) is 61.4 Å². The summed E-state index contributed by atoms with van der Waals surface area (Å²) in [6.45, 7) is 3.40. The second-order valence-electron chi connectivity index (χ2n) is 7.95. The van der Waals surface area contributed by atoms with E-state index in [0.717, 1.165) is 48.5 Å². The lowest BCUT2D eigenvalue weighted by atomic mass is 9.98. The van der Waals surface area contributed by atoms with E-state index < -0.39 is 5.97 Å². The predicted octanol–water partition coefficient (Wildman–Crippen LogP) is 4.84. The van der Waals surface area contributed by atoms with Crippen molar-refractivity contribution in [2.24, 2.45) is 0 Å². The molecule has 2 N–H and O–H groups in total. The molecule has 31 heavy (non-hydrogen) atoms. The monoisotopic (exact) mass is 417 g/mol. The van der Waals surface area contributed by atoms with Gasteiger partial charge in [0.15, 0.2) is 5.82 Å². The van der Waals surface area contributed by atoms with Crippen LogP contribution in [0.25, 0.3) is 11.4 Å². The smallest absolute Gasteiger partial charge is 0.303 e. The summed E-state index contributed by atoms with van der Waals surface area (Å²) in [5, 5.41) is 12.4. The first kappa shape index (κ1) is 20.8. The van der Waals surface area contributed by atoms with Crippen LogP contribution in [-0.2, 0) is 11.2 Å². The number of carbonyl (C=O) groups is 1. The van der Waals surface area contributed by atoms with Crippen LogP contribution in [0.3, 0.4) is 0 Å². The van der Waals surface area contributed by atoms with E-state index in [4.69, 9.17) is 9.84 Å². The number of hydrogen-bond acceptors (Lipinski definition) is 5. The zero-order chi connectivity index (χ0) is 21.6. The Hall–Kier alpha value is -3.41. The minimum Gasteiger partial charge on any atom is -0.494 e. The molecule has 1 aromatic heterocycles. The van der Waals surface area contributed by atoms with E-state index in [2.05, 4.69) is 40.4 Å². The summed E-state index contributed by atoms with van der Waals surface area (Å²) in [6.07, 6.45) is 4.63. The van der Waals surface area contributed by atoms with Crippen LogP contribution in [0.5, 0.6) is 5.75 Å². The third-order valence-corrected chi connectivity index (χ3v) is 5.60. The molecule has 160 valence electrons. The van der Waals surface area contributed by atoms with Gasteiger partial charge in [-0.1, -0.05) is 35.9 Å². The highest BCUT2D eigenvalue weighted by Gasteiger charge is 2.24. The number of aliphatic carboxylic acids is 1. The van der Waals surface area contributed by atoms with Gasteiger partial charge in [-0.15, -0.1) is 0 Å². The molecule has 6 heteroatoms. The molecule has 0 amide bonds. The third-order valence-electron chi connectivity index (χ3n) is 5.60. The van der Waals surface area contributed by atoms with E-state index in [1.54, 1.807) is 6.20 Å². The first-order valence-corrected chi connectivity index (χ1v) is 10.7. The summed E-state index contributed by atoms with van der Waals surface area (Å²) in [7, 11) is 0. The number of carboxylic acid groups (broad SMARTS) is 1. The molecule has 0 saturated heterocycles. The van der Waals surface area contributed by atoms with Crippen molar-refractivity contribution in [2.45, 2.75) is 38.5 Å². The number of hydrogen-bond donors (Lipinski definition) is 2. The number of aryl methyl sites for hydroxylation is 2. The topological polar surface area (TPSA) is 84.3 Å². The van der Waals surface area contributed by atoms with Gasteiger partial charge in [0.25, 0.3) is 0 Å². The van der Waals surface area contributed by atoms with Crippen molar-refractivity contribution in [3.05, 3.63) is 71.4 Å². The summed E-state index contributed by atoms with van der Waals surface area (Å²) in [5.41, 5.74) is 4.58. The molecule has 4 rings (SSSR count). The van der Waals surface area contributed by atoms with Crippen molar-refractivity contribution in [3.63, 3.8) is 0 Å². The minimum absolute atomic E-state index is 0.128. The van der Waals surface area contributed by atoms with E-state index in [0.29, 0.717) is 12.4 Å². The Bertz CT molecular complexity index is 1050. The van der Waals surface area contributed by atoms with Crippen molar-refractivity contribution in [1.29, 1.82) is 0 Å². The molecule has 1 atom stereocenters. The van der Waals surface area contributed by atoms with Crippen molar-refractivity contribution < 1.29 is 14.6 Å². The zero-order valence-electron chi connectivity index (χ0n) is 17.7. The van der Waals surface area contributed by atoms with E-state index in [9.17, 15) is 4.79 Å². The van der Waals surface area contributed by atoms with Gasteiger partial charge in [-0.2, -0.15) is 0 Å². The molecule has 0 saturated carbocycles. The first-order valence-electron chi connectivity index (χ1n) is 10.7. The van der Waals surface area contributed by atoms with Gasteiger partial charge >= 0.3 is 5.97 Å². The van der Waals surface area contributed by atoms with E-state index in [-0.39, 0.29) is 12.3 Å². The van der Waals surface area contributed by atoms with Gasteiger partial charge in [0.2, 0.25) is 0 Å². The largest absolute Gasteiger partial charge is 0.494 e. The molecule has 0 fully saturated rings. The third kappa shape index (κ3) is 5.40.